The smallest absolute Gasteiger partial charge is 0.286 e. The Kier molecular flexibility index (Phi) is 11.6. The maximum Gasteiger partial charge on any atom is 0.286 e. The SMILES string of the molecule is CC.CC(N)=O.Cc1nc2ncnn2c(N[CH-]C(F)(F)F)c1-c1ccccc1.[Y]. The van der Waals surface area contributed by atoms with Crippen LogP contribution in [0.4, 0.5) is 19.0 Å². The van der Waals surface area contributed by atoms with E-state index in [9.17, 15) is 18.0 Å². The molecule has 3 aromatic rings. The minimum absolute atomic E-state index is 0. The van der Waals surface area contributed by atoms with Gasteiger partial charge in [0.25, 0.3) is 12.0 Å². The van der Waals surface area contributed by atoms with E-state index in [1.165, 1.54) is 17.8 Å². The molecule has 0 aliphatic heterocycles. The molecule has 0 aliphatic rings. The summed E-state index contributed by atoms with van der Waals surface area (Å²) >= 11 is 0. The average Bonchev–Trinajstić information content (AvgIpc) is 3.08. The van der Waals surface area contributed by atoms with Crippen LogP contribution in [0.2, 0.25) is 0 Å². The van der Waals surface area contributed by atoms with Gasteiger partial charge < -0.3 is 11.1 Å². The third kappa shape index (κ3) is 8.45. The minimum atomic E-state index is -4.46. The number of nitrogens with zero attached hydrogens (tertiary/aromatic N) is 4. The number of nitrogens with two attached hydrogens (primary N) is 1. The van der Waals surface area contributed by atoms with Crippen molar-refractivity contribution in [3.8, 4) is 11.1 Å². The molecule has 1 aromatic carbocycles. The van der Waals surface area contributed by atoms with E-state index in [0.717, 1.165) is 5.56 Å². The Hall–Kier alpha value is -2.07. The summed E-state index contributed by atoms with van der Waals surface area (Å²) in [4.78, 5) is 17.4. The van der Waals surface area contributed by atoms with Gasteiger partial charge in [-0.15, -0.1) is 6.54 Å². The molecule has 0 spiro atoms. The Morgan fingerprint density at radius 2 is 1.76 bits per heavy atom. The van der Waals surface area contributed by atoms with Crippen LogP contribution in [0.15, 0.2) is 36.7 Å². The third-order valence-electron chi connectivity index (χ3n) is 3.04. The van der Waals surface area contributed by atoms with Gasteiger partial charge in [-0.05, 0) is 12.5 Å². The van der Waals surface area contributed by atoms with Crippen molar-refractivity contribution in [3.63, 3.8) is 0 Å². The molecule has 0 saturated heterocycles. The molecule has 11 heteroatoms. The van der Waals surface area contributed by atoms with Gasteiger partial charge in [0.05, 0.1) is 5.69 Å². The fourth-order valence-corrected chi connectivity index (χ4v) is 2.19. The molecular formula is C18H22F3N6OY-. The van der Waals surface area contributed by atoms with Crippen LogP contribution >= 0.6 is 0 Å². The number of nitrogens with one attached hydrogen (secondary N) is 1. The standard InChI is InChI=1S/C14H11F3N5.C2H5NO.C2H6.Y/c1-9-11(10-5-3-2-4-6-10)12(18-7-14(15,16)17)22-13(21-9)19-8-20-22;1-2(3)4;1-2;/h2-8,18H,1H3;1H3,(H2,3,4);1-2H3;/q-1;;;. The number of alkyl halides is 3. The van der Waals surface area contributed by atoms with Crippen molar-refractivity contribution in [2.24, 2.45) is 5.73 Å². The van der Waals surface area contributed by atoms with Crippen molar-refractivity contribution in [1.82, 2.24) is 19.6 Å². The monoisotopic (exact) mass is 484 g/mol. The maximum absolute atomic E-state index is 12.5. The predicted octanol–water partition coefficient (Wildman–Crippen LogP) is 3.75. The normalized spacial score (nSPS) is 10.0. The van der Waals surface area contributed by atoms with E-state index in [1.54, 1.807) is 31.2 Å². The molecule has 155 valence electrons. The molecule has 7 nitrogen and oxygen atoms in total. The van der Waals surface area contributed by atoms with Crippen LogP contribution in [0.1, 0.15) is 26.5 Å². The summed E-state index contributed by atoms with van der Waals surface area (Å²) < 4.78 is 38.8. The number of anilines is 1. The van der Waals surface area contributed by atoms with E-state index in [-0.39, 0.29) is 56.8 Å². The van der Waals surface area contributed by atoms with Crippen molar-refractivity contribution < 1.29 is 50.7 Å². The quantitative estimate of drug-likeness (QED) is 0.552. The van der Waals surface area contributed by atoms with Crippen molar-refractivity contribution in [1.29, 1.82) is 0 Å². The molecule has 0 aliphatic carbocycles. The van der Waals surface area contributed by atoms with Crippen molar-refractivity contribution in [2.45, 2.75) is 33.9 Å². The molecule has 1 radical (unpaired) electrons. The number of amides is 1. The summed E-state index contributed by atoms with van der Waals surface area (Å²) in [6, 6.07) is 9.03. The topological polar surface area (TPSA) is 98.2 Å². The van der Waals surface area contributed by atoms with Gasteiger partial charge in [0.1, 0.15) is 12.1 Å². The Morgan fingerprint density at radius 3 is 2.28 bits per heavy atom. The largest absolute Gasteiger partial charge is 0.511 e. The summed E-state index contributed by atoms with van der Waals surface area (Å²) in [6.45, 7) is 7.09. The number of primary amides is 1. The van der Waals surface area contributed by atoms with E-state index in [1.807, 2.05) is 19.9 Å². The number of aryl methyl sites for hydroxylation is 1. The molecule has 0 unspecified atom stereocenters. The second-order valence-electron chi connectivity index (χ2n) is 5.20. The fourth-order valence-electron chi connectivity index (χ4n) is 2.19. The fraction of sp³-hybridized carbons (Fsp3) is 0.278. The van der Waals surface area contributed by atoms with Crippen LogP contribution in [0.3, 0.4) is 0 Å². The molecule has 0 fully saturated rings. The van der Waals surface area contributed by atoms with Crippen molar-refractivity contribution in [3.05, 3.63) is 48.9 Å². The summed E-state index contributed by atoms with van der Waals surface area (Å²) in [5.74, 6) is 0.0683. The Labute approximate surface area is 192 Å². The van der Waals surface area contributed by atoms with E-state index in [2.05, 4.69) is 26.1 Å². The van der Waals surface area contributed by atoms with E-state index >= 15 is 0 Å². The molecule has 2 aromatic heterocycles. The summed E-state index contributed by atoms with van der Waals surface area (Å²) in [6.07, 6.45) is -3.21. The van der Waals surface area contributed by atoms with Crippen LogP contribution in [0, 0.1) is 13.5 Å². The zero-order valence-corrected chi connectivity index (χ0v) is 19.4. The third-order valence-corrected chi connectivity index (χ3v) is 3.04. The molecular weight excluding hydrogens is 462 g/mol. The number of fused-ring (bicyclic) bond motifs is 1. The molecule has 0 saturated carbocycles. The van der Waals surface area contributed by atoms with Gasteiger partial charge in [0.2, 0.25) is 5.91 Å². The zero-order valence-electron chi connectivity index (χ0n) is 16.5. The number of carbonyl (C=O) groups excluding carboxylic acids is 1. The van der Waals surface area contributed by atoms with Gasteiger partial charge in [0, 0.05) is 45.2 Å². The Bertz CT molecular complexity index is 896. The first kappa shape index (κ1) is 26.9. The first-order valence-corrected chi connectivity index (χ1v) is 8.38. The van der Waals surface area contributed by atoms with Gasteiger partial charge in [-0.25, -0.2) is 18.2 Å². The number of benzene rings is 1. The molecule has 3 rings (SSSR count). The van der Waals surface area contributed by atoms with Crippen molar-refractivity contribution in [2.75, 3.05) is 5.32 Å². The summed E-state index contributed by atoms with van der Waals surface area (Å²) in [7, 11) is 0. The predicted molar refractivity (Wildman–Crippen MR) is 101 cm³/mol. The first-order valence-electron chi connectivity index (χ1n) is 8.38. The van der Waals surface area contributed by atoms with Crippen LogP contribution in [0.25, 0.3) is 16.9 Å². The van der Waals surface area contributed by atoms with Gasteiger partial charge in [0.15, 0.2) is 0 Å². The van der Waals surface area contributed by atoms with Crippen LogP contribution in [-0.4, -0.2) is 31.7 Å². The number of rotatable bonds is 3. The Balaban J connectivity index is 0.00000100. The van der Waals surface area contributed by atoms with Crippen LogP contribution in [-0.2, 0) is 37.5 Å². The summed E-state index contributed by atoms with van der Waals surface area (Å²) in [5.41, 5.74) is 6.31. The molecule has 2 heterocycles. The molecule has 1 amide bonds. The van der Waals surface area contributed by atoms with Crippen molar-refractivity contribution >= 4 is 17.5 Å². The number of carbonyl (C=O) groups is 1. The minimum Gasteiger partial charge on any atom is -0.511 e. The second kappa shape index (κ2) is 12.5. The first-order chi connectivity index (χ1) is 13.2. The van der Waals surface area contributed by atoms with Crippen LogP contribution < -0.4 is 11.1 Å². The maximum atomic E-state index is 12.5. The number of aromatic nitrogens is 4. The number of halogens is 3. The average molecular weight is 484 g/mol. The van der Waals surface area contributed by atoms with E-state index in [4.69, 9.17) is 0 Å². The molecule has 0 atom stereocenters. The molecule has 0 bridgehead atoms. The van der Waals surface area contributed by atoms with E-state index in [0.29, 0.717) is 11.3 Å². The molecule has 29 heavy (non-hydrogen) atoms. The number of hydrogen-bond acceptors (Lipinski definition) is 5. The summed E-state index contributed by atoms with van der Waals surface area (Å²) in [5, 5.41) is 6.23. The molecule has 3 N–H and O–H groups in total. The van der Waals surface area contributed by atoms with E-state index < -0.39 is 6.18 Å². The second-order valence-corrected chi connectivity index (χ2v) is 5.20. The number of hydrogen-bond donors (Lipinski definition) is 2. The van der Waals surface area contributed by atoms with Crippen LogP contribution in [0.5, 0.6) is 0 Å². The van der Waals surface area contributed by atoms with Gasteiger partial charge in [-0.2, -0.15) is 14.6 Å². The Morgan fingerprint density at radius 1 is 1.21 bits per heavy atom. The zero-order chi connectivity index (χ0) is 21.3. The van der Waals surface area contributed by atoms with Gasteiger partial charge in [-0.3, -0.25) is 4.79 Å². The van der Waals surface area contributed by atoms with Gasteiger partial charge in [-0.1, -0.05) is 44.2 Å². The van der Waals surface area contributed by atoms with Gasteiger partial charge >= 0.3 is 0 Å².